The lowest BCUT2D eigenvalue weighted by molar-refractivity contribution is -0.137. The molecule has 132 valence electrons. The predicted molar refractivity (Wildman–Crippen MR) is 84.2 cm³/mol. The molecule has 0 radical (unpaired) electrons. The molecule has 1 aromatic rings. The number of likely N-dealkylation sites (tertiary alicyclic amines) is 1. The van der Waals surface area contributed by atoms with E-state index in [1.54, 1.807) is 0 Å². The standard InChI is InChI=1S/C17H22F3N3O/c18-17(19,20)14-3-1-12(2-4-14)10-23-8-6-15(11-23)22-16(24)13-5-7-21-9-13/h1-4,13,15,21H,5-11H2,(H,22,24). The van der Waals surface area contributed by atoms with E-state index >= 15 is 0 Å². The number of benzene rings is 1. The van der Waals surface area contributed by atoms with Gasteiger partial charge in [0.1, 0.15) is 0 Å². The molecule has 0 aliphatic carbocycles. The Balaban J connectivity index is 1.48. The van der Waals surface area contributed by atoms with E-state index in [-0.39, 0.29) is 17.9 Å². The highest BCUT2D eigenvalue weighted by molar-refractivity contribution is 5.79. The summed E-state index contributed by atoms with van der Waals surface area (Å²) in [6.45, 7) is 3.83. The van der Waals surface area contributed by atoms with E-state index < -0.39 is 11.7 Å². The van der Waals surface area contributed by atoms with Crippen LogP contribution in [-0.4, -0.2) is 43.0 Å². The largest absolute Gasteiger partial charge is 0.416 e. The third-order valence-electron chi connectivity index (χ3n) is 4.74. The molecule has 2 aliphatic heterocycles. The van der Waals surface area contributed by atoms with Crippen molar-refractivity contribution in [2.75, 3.05) is 26.2 Å². The summed E-state index contributed by atoms with van der Waals surface area (Å²) < 4.78 is 37.7. The van der Waals surface area contributed by atoms with Gasteiger partial charge < -0.3 is 10.6 Å². The highest BCUT2D eigenvalue weighted by atomic mass is 19.4. The average Bonchev–Trinajstić information content (AvgIpc) is 3.19. The van der Waals surface area contributed by atoms with Gasteiger partial charge in [-0.2, -0.15) is 13.2 Å². The van der Waals surface area contributed by atoms with Gasteiger partial charge in [0.25, 0.3) is 0 Å². The second-order valence-electron chi connectivity index (χ2n) is 6.61. The number of carbonyl (C=O) groups excluding carboxylic acids is 1. The van der Waals surface area contributed by atoms with E-state index in [1.807, 2.05) is 0 Å². The van der Waals surface area contributed by atoms with Gasteiger partial charge in [0, 0.05) is 32.2 Å². The Hall–Kier alpha value is -1.60. The minimum atomic E-state index is -4.29. The minimum absolute atomic E-state index is 0.0639. The smallest absolute Gasteiger partial charge is 0.352 e. The third kappa shape index (κ3) is 4.27. The van der Waals surface area contributed by atoms with Gasteiger partial charge in [0.2, 0.25) is 5.91 Å². The van der Waals surface area contributed by atoms with Gasteiger partial charge in [-0.15, -0.1) is 0 Å². The van der Waals surface area contributed by atoms with E-state index in [9.17, 15) is 18.0 Å². The topological polar surface area (TPSA) is 44.4 Å². The maximum atomic E-state index is 12.6. The first-order chi connectivity index (χ1) is 11.4. The van der Waals surface area contributed by atoms with Gasteiger partial charge >= 0.3 is 6.18 Å². The number of halogens is 3. The summed E-state index contributed by atoms with van der Waals surface area (Å²) in [6, 6.07) is 5.43. The van der Waals surface area contributed by atoms with E-state index in [1.165, 1.54) is 12.1 Å². The normalized spacial score (nSPS) is 25.1. The number of nitrogens with zero attached hydrogens (tertiary/aromatic N) is 1. The lowest BCUT2D eigenvalue weighted by Crippen LogP contribution is -2.41. The van der Waals surface area contributed by atoms with Crippen LogP contribution >= 0.6 is 0 Å². The fourth-order valence-electron chi connectivity index (χ4n) is 3.35. The van der Waals surface area contributed by atoms with Gasteiger partial charge in [-0.25, -0.2) is 0 Å². The summed E-state index contributed by atoms with van der Waals surface area (Å²) in [5.74, 6) is 0.176. The molecule has 3 rings (SSSR count). The predicted octanol–water partition coefficient (Wildman–Crippen LogP) is 2.01. The second-order valence-corrected chi connectivity index (χ2v) is 6.61. The van der Waals surface area contributed by atoms with Crippen LogP contribution in [0.25, 0.3) is 0 Å². The highest BCUT2D eigenvalue weighted by Gasteiger charge is 2.31. The third-order valence-corrected chi connectivity index (χ3v) is 4.74. The van der Waals surface area contributed by atoms with Crippen molar-refractivity contribution in [2.24, 2.45) is 5.92 Å². The Morgan fingerprint density at radius 2 is 2.00 bits per heavy atom. The van der Waals surface area contributed by atoms with Gasteiger partial charge in [-0.05, 0) is 37.1 Å². The average molecular weight is 341 g/mol. The monoisotopic (exact) mass is 341 g/mol. The zero-order chi connectivity index (χ0) is 17.2. The number of carbonyl (C=O) groups is 1. The minimum Gasteiger partial charge on any atom is -0.352 e. The van der Waals surface area contributed by atoms with E-state index in [0.717, 1.165) is 56.7 Å². The van der Waals surface area contributed by atoms with Crippen molar-refractivity contribution >= 4 is 5.91 Å². The van der Waals surface area contributed by atoms with Crippen LogP contribution < -0.4 is 10.6 Å². The Kier molecular flexibility index (Phi) is 5.10. The summed E-state index contributed by atoms with van der Waals surface area (Å²) in [6.07, 6.45) is -2.53. The Morgan fingerprint density at radius 1 is 1.25 bits per heavy atom. The van der Waals surface area contributed by atoms with Crippen molar-refractivity contribution in [2.45, 2.75) is 31.6 Å². The molecule has 4 nitrogen and oxygen atoms in total. The lowest BCUT2D eigenvalue weighted by atomic mass is 10.1. The fraction of sp³-hybridized carbons (Fsp3) is 0.588. The summed E-state index contributed by atoms with van der Waals surface area (Å²) in [7, 11) is 0. The number of rotatable bonds is 4. The summed E-state index contributed by atoms with van der Waals surface area (Å²) >= 11 is 0. The maximum absolute atomic E-state index is 12.6. The van der Waals surface area contributed by atoms with Gasteiger partial charge in [-0.3, -0.25) is 9.69 Å². The molecule has 2 aliphatic rings. The molecule has 24 heavy (non-hydrogen) atoms. The molecule has 0 aromatic heterocycles. The van der Waals surface area contributed by atoms with Gasteiger partial charge in [0.15, 0.2) is 0 Å². The number of nitrogens with one attached hydrogen (secondary N) is 2. The summed E-state index contributed by atoms with van der Waals surface area (Å²) in [5, 5.41) is 6.28. The molecule has 7 heteroatoms. The van der Waals surface area contributed by atoms with E-state index in [2.05, 4.69) is 15.5 Å². The first kappa shape index (κ1) is 17.2. The van der Waals surface area contributed by atoms with Crippen molar-refractivity contribution in [3.8, 4) is 0 Å². The first-order valence-corrected chi connectivity index (χ1v) is 8.31. The Labute approximate surface area is 139 Å². The summed E-state index contributed by atoms with van der Waals surface area (Å²) in [5.41, 5.74) is 0.234. The highest BCUT2D eigenvalue weighted by Crippen LogP contribution is 2.29. The number of hydrogen-bond donors (Lipinski definition) is 2. The van der Waals surface area contributed by atoms with E-state index in [0.29, 0.717) is 6.54 Å². The molecular formula is C17H22F3N3O. The quantitative estimate of drug-likeness (QED) is 0.881. The zero-order valence-corrected chi connectivity index (χ0v) is 13.4. The van der Waals surface area contributed by atoms with Crippen molar-refractivity contribution < 1.29 is 18.0 Å². The maximum Gasteiger partial charge on any atom is 0.416 e. The van der Waals surface area contributed by atoms with E-state index in [4.69, 9.17) is 0 Å². The molecule has 2 unspecified atom stereocenters. The van der Waals surface area contributed by atoms with Crippen molar-refractivity contribution in [1.29, 1.82) is 0 Å². The van der Waals surface area contributed by atoms with Crippen LogP contribution in [-0.2, 0) is 17.5 Å². The molecule has 0 bridgehead atoms. The van der Waals surface area contributed by atoms with Crippen LogP contribution in [0.1, 0.15) is 24.0 Å². The fourth-order valence-corrected chi connectivity index (χ4v) is 3.35. The van der Waals surface area contributed by atoms with Crippen LogP contribution in [0, 0.1) is 5.92 Å². The molecule has 1 amide bonds. The van der Waals surface area contributed by atoms with Crippen LogP contribution in [0.5, 0.6) is 0 Å². The second kappa shape index (κ2) is 7.11. The summed E-state index contributed by atoms with van der Waals surface area (Å²) in [4.78, 5) is 14.3. The molecule has 0 saturated carbocycles. The molecule has 1 aromatic carbocycles. The van der Waals surface area contributed by atoms with Crippen LogP contribution in [0.3, 0.4) is 0 Å². The number of hydrogen-bond acceptors (Lipinski definition) is 3. The molecule has 2 atom stereocenters. The zero-order valence-electron chi connectivity index (χ0n) is 13.4. The Morgan fingerprint density at radius 3 is 2.62 bits per heavy atom. The lowest BCUT2D eigenvalue weighted by Gasteiger charge is -2.18. The van der Waals surface area contributed by atoms with Crippen molar-refractivity contribution in [3.63, 3.8) is 0 Å². The van der Waals surface area contributed by atoms with Gasteiger partial charge in [0.05, 0.1) is 11.5 Å². The molecule has 2 fully saturated rings. The molecule has 2 N–H and O–H groups in total. The number of alkyl halides is 3. The van der Waals surface area contributed by atoms with Crippen molar-refractivity contribution in [1.82, 2.24) is 15.5 Å². The van der Waals surface area contributed by atoms with Crippen molar-refractivity contribution in [3.05, 3.63) is 35.4 Å². The molecule has 2 saturated heterocycles. The first-order valence-electron chi connectivity index (χ1n) is 8.31. The SMILES string of the molecule is O=C(NC1CCN(Cc2ccc(C(F)(F)F)cc2)C1)C1CCNC1. The van der Waals surface area contributed by atoms with Crippen LogP contribution in [0.15, 0.2) is 24.3 Å². The molecule has 0 spiro atoms. The number of amides is 1. The Bertz CT molecular complexity index is 567. The van der Waals surface area contributed by atoms with Crippen LogP contribution in [0.4, 0.5) is 13.2 Å². The van der Waals surface area contributed by atoms with Gasteiger partial charge in [-0.1, -0.05) is 12.1 Å². The van der Waals surface area contributed by atoms with Crippen LogP contribution in [0.2, 0.25) is 0 Å². The molecular weight excluding hydrogens is 319 g/mol. The molecule has 2 heterocycles.